The zero-order valence-electron chi connectivity index (χ0n) is 16.8. The predicted molar refractivity (Wildman–Crippen MR) is 97.3 cm³/mol. The van der Waals surface area contributed by atoms with Crippen LogP contribution < -0.4 is 5.32 Å². The van der Waals surface area contributed by atoms with Crippen LogP contribution in [0.25, 0.3) is 0 Å². The van der Waals surface area contributed by atoms with E-state index in [9.17, 15) is 14.4 Å². The van der Waals surface area contributed by atoms with E-state index < -0.39 is 23.4 Å². The summed E-state index contributed by atoms with van der Waals surface area (Å²) in [6.07, 6.45) is 5.21. The third-order valence-corrected chi connectivity index (χ3v) is 2.76. The Morgan fingerprint density at radius 2 is 1.50 bits per heavy atom. The smallest absolute Gasteiger partial charge is 0.417 e. The van der Waals surface area contributed by atoms with Gasteiger partial charge in [-0.05, 0) is 54.4 Å². The SMILES string of the molecule is C#CC1CC1C(=O)OCCC.CC(C)(C)OC(=O)NC(=O)OC(C)(C)C. The first-order chi connectivity index (χ1) is 11.8. The van der Waals surface area contributed by atoms with Crippen molar-refractivity contribution in [2.24, 2.45) is 11.8 Å². The van der Waals surface area contributed by atoms with Crippen molar-refractivity contribution < 1.29 is 28.6 Å². The predicted octanol–water partition coefficient (Wildman–Crippen LogP) is 3.66. The van der Waals surface area contributed by atoms with E-state index in [0.717, 1.165) is 12.8 Å². The van der Waals surface area contributed by atoms with Crippen LogP contribution in [-0.4, -0.2) is 36.0 Å². The van der Waals surface area contributed by atoms with Gasteiger partial charge in [0.15, 0.2) is 0 Å². The van der Waals surface area contributed by atoms with Crippen molar-refractivity contribution in [2.45, 2.75) is 72.5 Å². The molecule has 148 valence electrons. The second-order valence-corrected chi connectivity index (χ2v) is 7.91. The molecule has 2 unspecified atom stereocenters. The molecule has 0 aliphatic heterocycles. The summed E-state index contributed by atoms with van der Waals surface area (Å²) < 4.78 is 14.7. The van der Waals surface area contributed by atoms with E-state index in [0.29, 0.717) is 6.61 Å². The maximum Gasteiger partial charge on any atom is 0.417 e. The lowest BCUT2D eigenvalue weighted by atomic mass is 10.2. The van der Waals surface area contributed by atoms with Gasteiger partial charge >= 0.3 is 18.2 Å². The molecular weight excluding hydrogens is 338 g/mol. The molecule has 1 saturated carbocycles. The number of esters is 1. The maximum absolute atomic E-state index is 11.1. The molecule has 1 rings (SSSR count). The van der Waals surface area contributed by atoms with E-state index in [1.165, 1.54) is 0 Å². The fraction of sp³-hybridized carbons (Fsp3) is 0.737. The van der Waals surface area contributed by atoms with Crippen molar-refractivity contribution in [3.63, 3.8) is 0 Å². The zero-order chi connectivity index (χ0) is 20.5. The third-order valence-electron chi connectivity index (χ3n) is 2.76. The lowest BCUT2D eigenvalue weighted by Crippen LogP contribution is -2.39. The molecule has 0 aromatic carbocycles. The Labute approximate surface area is 156 Å². The first kappa shape index (κ1) is 23.8. The maximum atomic E-state index is 11.1. The van der Waals surface area contributed by atoms with Crippen LogP contribution in [0.3, 0.4) is 0 Å². The third kappa shape index (κ3) is 12.2. The van der Waals surface area contributed by atoms with Crippen molar-refractivity contribution in [3.05, 3.63) is 0 Å². The Bertz CT molecular complexity index is 510. The first-order valence-corrected chi connectivity index (χ1v) is 8.64. The van der Waals surface area contributed by atoms with Crippen LogP contribution in [0.4, 0.5) is 9.59 Å². The molecule has 7 heteroatoms. The first-order valence-electron chi connectivity index (χ1n) is 8.64. The molecule has 0 radical (unpaired) electrons. The minimum Gasteiger partial charge on any atom is -0.465 e. The van der Waals surface area contributed by atoms with Crippen LogP contribution in [0.15, 0.2) is 0 Å². The Morgan fingerprint density at radius 1 is 1.04 bits per heavy atom. The summed E-state index contributed by atoms with van der Waals surface area (Å²) in [5.74, 6) is 2.59. The summed E-state index contributed by atoms with van der Waals surface area (Å²) in [6, 6.07) is 0. The van der Waals surface area contributed by atoms with Gasteiger partial charge in [-0.25, -0.2) is 14.9 Å². The molecule has 0 saturated heterocycles. The number of terminal acetylenes is 1. The van der Waals surface area contributed by atoms with Crippen molar-refractivity contribution >= 4 is 18.2 Å². The highest BCUT2D eigenvalue weighted by atomic mass is 16.6. The zero-order valence-corrected chi connectivity index (χ0v) is 16.8. The van der Waals surface area contributed by atoms with E-state index in [1.54, 1.807) is 41.5 Å². The van der Waals surface area contributed by atoms with Gasteiger partial charge in [0.05, 0.1) is 12.5 Å². The van der Waals surface area contributed by atoms with Crippen LogP contribution in [0.2, 0.25) is 0 Å². The molecule has 2 atom stereocenters. The number of carbonyl (C=O) groups is 3. The van der Waals surface area contributed by atoms with E-state index in [4.69, 9.17) is 20.6 Å². The monoisotopic (exact) mass is 369 g/mol. The van der Waals surface area contributed by atoms with Crippen molar-refractivity contribution in [1.29, 1.82) is 0 Å². The molecule has 1 aliphatic carbocycles. The topological polar surface area (TPSA) is 90.9 Å². The Balaban J connectivity index is 0.000000502. The van der Waals surface area contributed by atoms with Crippen molar-refractivity contribution in [1.82, 2.24) is 5.32 Å². The molecule has 0 aromatic heterocycles. The van der Waals surface area contributed by atoms with Crippen LogP contribution in [-0.2, 0) is 19.0 Å². The van der Waals surface area contributed by atoms with Crippen LogP contribution in [0.5, 0.6) is 0 Å². The molecule has 26 heavy (non-hydrogen) atoms. The minimum absolute atomic E-state index is 0.00606. The summed E-state index contributed by atoms with van der Waals surface area (Å²) >= 11 is 0. The van der Waals surface area contributed by atoms with Crippen LogP contribution >= 0.6 is 0 Å². The van der Waals surface area contributed by atoms with Crippen LogP contribution in [0, 0.1) is 24.2 Å². The van der Waals surface area contributed by atoms with Crippen molar-refractivity contribution in [3.8, 4) is 12.3 Å². The fourth-order valence-corrected chi connectivity index (χ4v) is 1.64. The summed E-state index contributed by atoms with van der Waals surface area (Å²) in [6.45, 7) is 12.8. The number of amides is 2. The van der Waals surface area contributed by atoms with Gasteiger partial charge in [-0.3, -0.25) is 4.79 Å². The number of hydrogen-bond acceptors (Lipinski definition) is 6. The van der Waals surface area contributed by atoms with Gasteiger partial charge in [0.2, 0.25) is 0 Å². The molecular formula is C19H31NO6. The largest absolute Gasteiger partial charge is 0.465 e. The number of imide groups is 1. The number of ether oxygens (including phenoxy) is 3. The lowest BCUT2D eigenvalue weighted by Gasteiger charge is -2.21. The van der Waals surface area contributed by atoms with Gasteiger partial charge in [0.25, 0.3) is 0 Å². The minimum atomic E-state index is -0.809. The molecule has 7 nitrogen and oxygen atoms in total. The van der Waals surface area contributed by atoms with Gasteiger partial charge in [0.1, 0.15) is 11.2 Å². The summed E-state index contributed by atoms with van der Waals surface area (Å²) in [4.78, 5) is 33.3. The summed E-state index contributed by atoms with van der Waals surface area (Å²) in [7, 11) is 0. The number of carbonyl (C=O) groups excluding carboxylic acids is 3. The van der Waals surface area contributed by atoms with Gasteiger partial charge in [0, 0.05) is 5.92 Å². The lowest BCUT2D eigenvalue weighted by molar-refractivity contribution is -0.145. The molecule has 0 bridgehead atoms. The van der Waals surface area contributed by atoms with Crippen molar-refractivity contribution in [2.75, 3.05) is 6.61 Å². The van der Waals surface area contributed by atoms with Gasteiger partial charge in [-0.2, -0.15) is 0 Å². The fourth-order valence-electron chi connectivity index (χ4n) is 1.64. The molecule has 0 spiro atoms. The Morgan fingerprint density at radius 3 is 1.81 bits per heavy atom. The molecule has 1 aliphatic rings. The second-order valence-electron chi connectivity index (χ2n) is 7.91. The van der Waals surface area contributed by atoms with Crippen LogP contribution in [0.1, 0.15) is 61.3 Å². The average molecular weight is 369 g/mol. The highest BCUT2D eigenvalue weighted by molar-refractivity contribution is 5.87. The van der Waals surface area contributed by atoms with E-state index in [2.05, 4.69) is 5.92 Å². The van der Waals surface area contributed by atoms with E-state index in [-0.39, 0.29) is 17.8 Å². The number of alkyl carbamates (subject to hydrolysis) is 2. The standard InChI is InChI=1S/C10H19NO4.C9H12O2/c1-9(2,3)14-7(12)11-8(13)15-10(4,5)6;1-3-5-11-9(10)8-6-7(8)4-2/h1-6H3,(H,11,12,13);2,7-8H,3,5-6H2,1H3. The van der Waals surface area contributed by atoms with E-state index in [1.807, 2.05) is 12.2 Å². The molecule has 0 aromatic rings. The Hall–Kier alpha value is -2.23. The highest BCUT2D eigenvalue weighted by Crippen LogP contribution is 2.38. The molecule has 0 heterocycles. The number of hydrogen-bond donors (Lipinski definition) is 1. The summed E-state index contributed by atoms with van der Waals surface area (Å²) in [5, 5.41) is 1.97. The quantitative estimate of drug-likeness (QED) is 0.464. The Kier molecular flexibility index (Phi) is 9.19. The van der Waals surface area contributed by atoms with E-state index >= 15 is 0 Å². The molecule has 1 fully saturated rings. The number of nitrogens with one attached hydrogen (secondary N) is 1. The highest BCUT2D eigenvalue weighted by Gasteiger charge is 2.42. The normalized spacial score (nSPS) is 18.4. The van der Waals surface area contributed by atoms with Gasteiger partial charge in [-0.1, -0.05) is 6.92 Å². The molecule has 1 N–H and O–H groups in total. The summed E-state index contributed by atoms with van der Waals surface area (Å²) in [5.41, 5.74) is -1.27. The number of rotatable bonds is 3. The average Bonchev–Trinajstić information content (AvgIpc) is 3.20. The second kappa shape index (κ2) is 10.0. The van der Waals surface area contributed by atoms with Gasteiger partial charge in [-0.15, -0.1) is 12.3 Å². The van der Waals surface area contributed by atoms with Gasteiger partial charge < -0.3 is 14.2 Å². The molecule has 2 amide bonds.